The molecule has 0 saturated heterocycles. The quantitative estimate of drug-likeness (QED) is 0.513. The van der Waals surface area contributed by atoms with Crippen LogP contribution < -0.4 is 0 Å². The molecule has 0 amide bonds. The zero-order valence-electron chi connectivity index (χ0n) is 6.91. The van der Waals surface area contributed by atoms with E-state index in [-0.39, 0.29) is 0 Å². The average molecular weight is 139 g/mol. The van der Waals surface area contributed by atoms with Crippen molar-refractivity contribution in [2.75, 3.05) is 7.05 Å². The summed E-state index contributed by atoms with van der Waals surface area (Å²) in [6.07, 6.45) is 5.38. The summed E-state index contributed by atoms with van der Waals surface area (Å²) in [6.45, 7) is 4.47. The molecular formula is C8H15N2+. The Morgan fingerprint density at radius 2 is 2.30 bits per heavy atom. The summed E-state index contributed by atoms with van der Waals surface area (Å²) in [7, 11) is 1.97. The lowest BCUT2D eigenvalue weighted by Gasteiger charge is -2.02. The Bertz CT molecular complexity index is 168. The molecular weight excluding hydrogens is 124 g/mol. The molecule has 1 rings (SSSR count). The van der Waals surface area contributed by atoms with Gasteiger partial charge in [-0.2, -0.15) is 0 Å². The van der Waals surface area contributed by atoms with Crippen LogP contribution in [0, 0.1) is 11.8 Å². The fraction of sp³-hybridized carbons (Fsp3) is 0.750. The summed E-state index contributed by atoms with van der Waals surface area (Å²) in [5.41, 5.74) is 0. The molecule has 1 unspecified atom stereocenters. The topological polar surface area (TPSA) is 15.4 Å². The van der Waals surface area contributed by atoms with Crippen molar-refractivity contribution in [1.82, 2.24) is 0 Å². The largest absolute Gasteiger partial charge is 0.181 e. The van der Waals surface area contributed by atoms with Crippen molar-refractivity contribution in [2.24, 2.45) is 16.9 Å². The molecule has 0 aliphatic carbocycles. The highest BCUT2D eigenvalue weighted by molar-refractivity contribution is 5.82. The maximum absolute atomic E-state index is 4.12. The Morgan fingerprint density at radius 3 is 2.70 bits per heavy atom. The number of nitrogens with zero attached hydrogens (tertiary/aromatic N) is 2. The van der Waals surface area contributed by atoms with E-state index in [1.54, 1.807) is 0 Å². The van der Waals surface area contributed by atoms with Gasteiger partial charge >= 0.3 is 0 Å². The summed E-state index contributed by atoms with van der Waals surface area (Å²) >= 11 is 0. The number of rotatable bonds is 2. The molecule has 1 aliphatic rings. The van der Waals surface area contributed by atoms with Gasteiger partial charge in [0.05, 0.1) is 12.1 Å². The summed E-state index contributed by atoms with van der Waals surface area (Å²) in [6, 6.07) is 0. The van der Waals surface area contributed by atoms with Crippen LogP contribution in [-0.4, -0.2) is 24.2 Å². The number of hydrazone groups is 1. The highest BCUT2D eigenvalue weighted by Crippen LogP contribution is 2.09. The van der Waals surface area contributed by atoms with Gasteiger partial charge in [0.25, 0.3) is 0 Å². The highest BCUT2D eigenvalue weighted by atomic mass is 15.4. The third-order valence-corrected chi connectivity index (χ3v) is 1.59. The van der Waals surface area contributed by atoms with E-state index in [1.165, 1.54) is 6.42 Å². The SMILES string of the molecule is CC(C)CC1C=N[N+](C)=C1. The molecule has 56 valence electrons. The standard InChI is InChI=1S/C8H15N2/c1-7(2)4-8-5-9-10(3)6-8/h5-8H,4H2,1-3H3/q+1. The first-order valence-corrected chi connectivity index (χ1v) is 3.80. The molecule has 0 aromatic heterocycles. The Balaban J connectivity index is 2.40. The Morgan fingerprint density at radius 1 is 1.60 bits per heavy atom. The zero-order chi connectivity index (χ0) is 7.56. The lowest BCUT2D eigenvalue weighted by molar-refractivity contribution is -0.494. The minimum atomic E-state index is 0.574. The molecule has 1 atom stereocenters. The van der Waals surface area contributed by atoms with Gasteiger partial charge in [-0.1, -0.05) is 18.5 Å². The van der Waals surface area contributed by atoms with Crippen LogP contribution >= 0.6 is 0 Å². The lowest BCUT2D eigenvalue weighted by atomic mass is 10.00. The minimum Gasteiger partial charge on any atom is -0.0977 e. The predicted octanol–water partition coefficient (Wildman–Crippen LogP) is 1.36. The van der Waals surface area contributed by atoms with Crippen molar-refractivity contribution in [3.63, 3.8) is 0 Å². The van der Waals surface area contributed by atoms with Crippen LogP contribution in [0.15, 0.2) is 5.10 Å². The van der Waals surface area contributed by atoms with E-state index >= 15 is 0 Å². The van der Waals surface area contributed by atoms with Gasteiger partial charge in [0.1, 0.15) is 0 Å². The molecule has 2 heteroatoms. The fourth-order valence-corrected chi connectivity index (χ4v) is 1.21. The molecule has 1 aliphatic heterocycles. The van der Waals surface area contributed by atoms with Gasteiger partial charge in [0, 0.05) is 0 Å². The first-order chi connectivity index (χ1) is 4.68. The van der Waals surface area contributed by atoms with Crippen LogP contribution in [0.25, 0.3) is 0 Å². The second-order valence-electron chi connectivity index (χ2n) is 3.28. The van der Waals surface area contributed by atoms with Crippen LogP contribution in [0.3, 0.4) is 0 Å². The molecule has 0 aromatic carbocycles. The Labute approximate surface area is 62.3 Å². The summed E-state index contributed by atoms with van der Waals surface area (Å²) < 4.78 is 1.88. The van der Waals surface area contributed by atoms with Gasteiger partial charge in [-0.05, 0) is 17.4 Å². The van der Waals surface area contributed by atoms with Gasteiger partial charge < -0.3 is 0 Å². The van der Waals surface area contributed by atoms with Gasteiger partial charge in [-0.25, -0.2) is 0 Å². The monoisotopic (exact) mass is 139 g/mol. The van der Waals surface area contributed by atoms with Crippen LogP contribution in [0.2, 0.25) is 0 Å². The summed E-state index contributed by atoms with van der Waals surface area (Å²) in [4.78, 5) is 0. The summed E-state index contributed by atoms with van der Waals surface area (Å²) in [5, 5.41) is 4.12. The normalized spacial score (nSPS) is 24.0. The van der Waals surface area contributed by atoms with E-state index in [2.05, 4.69) is 25.2 Å². The second kappa shape index (κ2) is 2.95. The predicted molar refractivity (Wildman–Crippen MR) is 43.7 cm³/mol. The third-order valence-electron chi connectivity index (χ3n) is 1.59. The third kappa shape index (κ3) is 1.94. The fourth-order valence-electron chi connectivity index (χ4n) is 1.21. The number of hydrogen-bond donors (Lipinski definition) is 0. The smallest absolute Gasteiger partial charge is 0.0977 e. The van der Waals surface area contributed by atoms with Crippen molar-refractivity contribution in [2.45, 2.75) is 20.3 Å². The lowest BCUT2D eigenvalue weighted by Crippen LogP contribution is -2.06. The van der Waals surface area contributed by atoms with E-state index in [9.17, 15) is 0 Å². The molecule has 0 N–H and O–H groups in total. The van der Waals surface area contributed by atoms with E-state index in [1.807, 2.05) is 17.9 Å². The average Bonchev–Trinajstić information content (AvgIpc) is 2.13. The van der Waals surface area contributed by atoms with Gasteiger partial charge in [-0.15, -0.1) is 0 Å². The van der Waals surface area contributed by atoms with Gasteiger partial charge in [0.2, 0.25) is 0 Å². The zero-order valence-corrected chi connectivity index (χ0v) is 6.91. The van der Waals surface area contributed by atoms with Crippen LogP contribution in [-0.2, 0) is 0 Å². The van der Waals surface area contributed by atoms with Crippen molar-refractivity contribution in [3.8, 4) is 0 Å². The van der Waals surface area contributed by atoms with Crippen molar-refractivity contribution in [3.05, 3.63) is 0 Å². The molecule has 0 radical (unpaired) electrons. The van der Waals surface area contributed by atoms with Crippen LogP contribution in [0.5, 0.6) is 0 Å². The summed E-state index contributed by atoms with van der Waals surface area (Å²) in [5.74, 6) is 1.34. The van der Waals surface area contributed by atoms with E-state index < -0.39 is 0 Å². The first-order valence-electron chi connectivity index (χ1n) is 3.80. The highest BCUT2D eigenvalue weighted by Gasteiger charge is 2.15. The molecule has 0 fully saturated rings. The molecule has 0 bridgehead atoms. The second-order valence-corrected chi connectivity index (χ2v) is 3.28. The Hall–Kier alpha value is -0.660. The van der Waals surface area contributed by atoms with Crippen molar-refractivity contribution >= 4 is 12.4 Å². The van der Waals surface area contributed by atoms with Crippen LogP contribution in [0.1, 0.15) is 20.3 Å². The molecule has 2 nitrogen and oxygen atoms in total. The molecule has 0 aromatic rings. The molecule has 10 heavy (non-hydrogen) atoms. The first kappa shape index (κ1) is 7.45. The molecule has 0 saturated carbocycles. The maximum atomic E-state index is 4.12. The molecule has 0 spiro atoms. The van der Waals surface area contributed by atoms with E-state index in [4.69, 9.17) is 0 Å². The van der Waals surface area contributed by atoms with E-state index in [0.29, 0.717) is 5.92 Å². The number of hydrogen-bond acceptors (Lipinski definition) is 1. The van der Waals surface area contributed by atoms with E-state index in [0.717, 1.165) is 5.92 Å². The van der Waals surface area contributed by atoms with Crippen molar-refractivity contribution < 1.29 is 4.68 Å². The van der Waals surface area contributed by atoms with Crippen LogP contribution in [0.4, 0.5) is 0 Å². The van der Waals surface area contributed by atoms with Gasteiger partial charge in [-0.3, -0.25) is 0 Å². The van der Waals surface area contributed by atoms with Gasteiger partial charge in [0.15, 0.2) is 13.3 Å². The van der Waals surface area contributed by atoms with Crippen molar-refractivity contribution in [1.29, 1.82) is 0 Å². The Kier molecular flexibility index (Phi) is 2.20. The maximum Gasteiger partial charge on any atom is 0.181 e. The molecule has 1 heterocycles. The minimum absolute atomic E-state index is 0.574.